The first-order valence-electron chi connectivity index (χ1n) is 6.29. The first-order valence-corrected chi connectivity index (χ1v) is 7.08. The normalized spacial score (nSPS) is 17.9. The number of hydrogen-bond acceptors (Lipinski definition) is 1. The lowest BCUT2D eigenvalue weighted by Gasteiger charge is -2.38. The van der Waals surface area contributed by atoms with Gasteiger partial charge >= 0.3 is 0 Å². The molecule has 1 aliphatic heterocycles. The van der Waals surface area contributed by atoms with Crippen LogP contribution in [0, 0.1) is 0 Å². The van der Waals surface area contributed by atoms with E-state index in [9.17, 15) is 0 Å². The van der Waals surface area contributed by atoms with Crippen molar-refractivity contribution >= 4 is 15.9 Å². The van der Waals surface area contributed by atoms with E-state index in [-0.39, 0.29) is 24.0 Å². The van der Waals surface area contributed by atoms with Gasteiger partial charge in [0.05, 0.1) is 27.2 Å². The van der Waals surface area contributed by atoms with Crippen molar-refractivity contribution in [1.29, 1.82) is 0 Å². The van der Waals surface area contributed by atoms with E-state index in [1.165, 1.54) is 37.9 Å². The molecule has 4 heteroatoms. The maximum absolute atomic E-state index is 5.46. The highest BCUT2D eigenvalue weighted by atomic mass is 127. The molecule has 1 heterocycles. The van der Waals surface area contributed by atoms with Crippen LogP contribution in [0.4, 0.5) is 0 Å². The molecule has 0 atom stereocenters. The van der Waals surface area contributed by atoms with Gasteiger partial charge in [-0.1, -0.05) is 15.9 Å². The predicted octanol–water partition coefficient (Wildman–Crippen LogP) is 0.592. The smallest absolute Gasteiger partial charge is 0.127 e. The van der Waals surface area contributed by atoms with Crippen LogP contribution in [0.1, 0.15) is 24.8 Å². The second-order valence-corrected chi connectivity index (χ2v) is 6.16. The SMILES string of the molecule is COc1ccc(Br)cc1C[N+]1(C)CCCCC1.[I-]. The zero-order chi connectivity index (χ0) is 12.3. The average molecular weight is 426 g/mol. The lowest BCUT2D eigenvalue weighted by atomic mass is 10.1. The molecule has 0 bridgehead atoms. The molecule has 18 heavy (non-hydrogen) atoms. The zero-order valence-corrected chi connectivity index (χ0v) is 14.8. The maximum Gasteiger partial charge on any atom is 0.127 e. The van der Waals surface area contributed by atoms with Gasteiger partial charge in [-0.05, 0) is 37.5 Å². The molecule has 0 unspecified atom stereocenters. The van der Waals surface area contributed by atoms with E-state index in [1.807, 2.05) is 6.07 Å². The first-order chi connectivity index (χ1) is 8.13. The fourth-order valence-electron chi connectivity index (χ4n) is 2.72. The lowest BCUT2D eigenvalue weighted by Crippen LogP contribution is -3.00. The molecule has 1 aromatic carbocycles. The number of hydrogen-bond donors (Lipinski definition) is 0. The van der Waals surface area contributed by atoms with Crippen LogP contribution in [0.25, 0.3) is 0 Å². The molecule has 102 valence electrons. The molecule has 2 nitrogen and oxygen atoms in total. The van der Waals surface area contributed by atoms with Crippen LogP contribution in [-0.4, -0.2) is 31.7 Å². The number of quaternary nitrogens is 1. The number of rotatable bonds is 3. The van der Waals surface area contributed by atoms with Crippen molar-refractivity contribution < 1.29 is 33.2 Å². The molecular formula is C14H21BrINO. The Morgan fingerprint density at radius 1 is 1.22 bits per heavy atom. The van der Waals surface area contributed by atoms with E-state index in [0.717, 1.165) is 21.3 Å². The van der Waals surface area contributed by atoms with Crippen LogP contribution in [0.15, 0.2) is 22.7 Å². The van der Waals surface area contributed by atoms with Crippen molar-refractivity contribution in [2.75, 3.05) is 27.2 Å². The molecule has 0 saturated carbocycles. The molecule has 1 saturated heterocycles. The molecular weight excluding hydrogens is 405 g/mol. The number of ether oxygens (including phenoxy) is 1. The first kappa shape index (κ1) is 16.2. The minimum absolute atomic E-state index is 0. The fraction of sp³-hybridized carbons (Fsp3) is 0.571. The summed E-state index contributed by atoms with van der Waals surface area (Å²) in [5, 5.41) is 0. The van der Waals surface area contributed by atoms with Crippen LogP contribution in [0.2, 0.25) is 0 Å². The number of halogens is 2. The Labute approximate surface area is 135 Å². The molecule has 0 N–H and O–H groups in total. The van der Waals surface area contributed by atoms with Crippen molar-refractivity contribution in [3.8, 4) is 5.75 Å². The lowest BCUT2D eigenvalue weighted by molar-refractivity contribution is -0.926. The van der Waals surface area contributed by atoms with Gasteiger partial charge in [0.15, 0.2) is 0 Å². The monoisotopic (exact) mass is 425 g/mol. The van der Waals surface area contributed by atoms with Crippen LogP contribution in [-0.2, 0) is 6.54 Å². The zero-order valence-electron chi connectivity index (χ0n) is 11.1. The van der Waals surface area contributed by atoms with Crippen LogP contribution >= 0.6 is 15.9 Å². The topological polar surface area (TPSA) is 9.23 Å². The Morgan fingerprint density at radius 2 is 1.89 bits per heavy atom. The Bertz CT molecular complexity index is 391. The van der Waals surface area contributed by atoms with E-state index in [1.54, 1.807) is 7.11 Å². The minimum Gasteiger partial charge on any atom is -1.00 e. The van der Waals surface area contributed by atoms with Crippen LogP contribution < -0.4 is 28.7 Å². The highest BCUT2D eigenvalue weighted by molar-refractivity contribution is 9.10. The average Bonchev–Trinajstić information content (AvgIpc) is 2.29. The second kappa shape index (κ2) is 7.10. The van der Waals surface area contributed by atoms with Gasteiger partial charge in [0, 0.05) is 10.0 Å². The van der Waals surface area contributed by atoms with E-state index in [4.69, 9.17) is 4.74 Å². The molecule has 0 radical (unpaired) electrons. The Balaban J connectivity index is 0.00000162. The van der Waals surface area contributed by atoms with Crippen molar-refractivity contribution in [3.05, 3.63) is 28.2 Å². The standard InChI is InChI=1S/C14H21BrNO.HI/c1-16(8-4-3-5-9-16)11-12-10-13(15)6-7-14(12)17-2;/h6-7,10H,3-5,8-9,11H2,1-2H3;1H/q+1;/p-1. The molecule has 0 spiro atoms. The largest absolute Gasteiger partial charge is 1.00 e. The summed E-state index contributed by atoms with van der Waals surface area (Å²) in [6.07, 6.45) is 4.10. The predicted molar refractivity (Wildman–Crippen MR) is 74.2 cm³/mol. The number of piperidine rings is 1. The molecule has 1 fully saturated rings. The van der Waals surface area contributed by atoms with Crippen molar-refractivity contribution in [2.24, 2.45) is 0 Å². The molecule has 0 aromatic heterocycles. The summed E-state index contributed by atoms with van der Waals surface area (Å²) in [4.78, 5) is 0. The summed E-state index contributed by atoms with van der Waals surface area (Å²) in [7, 11) is 4.11. The van der Waals surface area contributed by atoms with Gasteiger partial charge in [-0.3, -0.25) is 0 Å². The number of methoxy groups -OCH3 is 1. The van der Waals surface area contributed by atoms with E-state index in [0.29, 0.717) is 0 Å². The third-order valence-corrected chi connectivity index (χ3v) is 4.18. The van der Waals surface area contributed by atoms with Gasteiger partial charge in [-0.25, -0.2) is 0 Å². The van der Waals surface area contributed by atoms with Gasteiger partial charge in [0.25, 0.3) is 0 Å². The highest BCUT2D eigenvalue weighted by Crippen LogP contribution is 2.28. The molecule has 1 aromatic rings. The highest BCUT2D eigenvalue weighted by Gasteiger charge is 2.26. The molecule has 0 amide bonds. The summed E-state index contributed by atoms with van der Waals surface area (Å²) < 4.78 is 7.74. The Morgan fingerprint density at radius 3 is 2.50 bits per heavy atom. The molecule has 0 aliphatic carbocycles. The molecule has 1 aliphatic rings. The Hall–Kier alpha value is 0.190. The quantitative estimate of drug-likeness (QED) is 0.508. The van der Waals surface area contributed by atoms with E-state index in [2.05, 4.69) is 35.1 Å². The van der Waals surface area contributed by atoms with E-state index < -0.39 is 0 Å². The van der Waals surface area contributed by atoms with Gasteiger partial charge < -0.3 is 33.2 Å². The maximum atomic E-state index is 5.46. The molecule has 2 rings (SSSR count). The third-order valence-electron chi connectivity index (χ3n) is 3.69. The summed E-state index contributed by atoms with van der Waals surface area (Å²) in [6, 6.07) is 6.28. The number of nitrogens with zero attached hydrogens (tertiary/aromatic N) is 1. The van der Waals surface area contributed by atoms with Crippen molar-refractivity contribution in [1.82, 2.24) is 0 Å². The summed E-state index contributed by atoms with van der Waals surface area (Å²) in [6.45, 7) is 3.65. The van der Waals surface area contributed by atoms with Crippen molar-refractivity contribution in [2.45, 2.75) is 25.8 Å². The summed E-state index contributed by atoms with van der Waals surface area (Å²) >= 11 is 3.55. The fourth-order valence-corrected chi connectivity index (χ4v) is 3.12. The second-order valence-electron chi connectivity index (χ2n) is 5.24. The van der Waals surface area contributed by atoms with E-state index >= 15 is 0 Å². The van der Waals surface area contributed by atoms with Gasteiger partial charge in [0.2, 0.25) is 0 Å². The van der Waals surface area contributed by atoms with Crippen LogP contribution in [0.5, 0.6) is 5.75 Å². The van der Waals surface area contributed by atoms with Crippen molar-refractivity contribution in [3.63, 3.8) is 0 Å². The number of likely N-dealkylation sites (tertiary alicyclic amines) is 1. The summed E-state index contributed by atoms with van der Waals surface area (Å²) in [5.74, 6) is 1.01. The van der Waals surface area contributed by atoms with Gasteiger partial charge in [-0.15, -0.1) is 0 Å². The third kappa shape index (κ3) is 4.10. The summed E-state index contributed by atoms with van der Waals surface area (Å²) in [5.41, 5.74) is 1.31. The van der Waals surface area contributed by atoms with Gasteiger partial charge in [-0.2, -0.15) is 0 Å². The Kier molecular flexibility index (Phi) is 6.41. The van der Waals surface area contributed by atoms with Crippen LogP contribution in [0.3, 0.4) is 0 Å². The minimum atomic E-state index is 0. The number of benzene rings is 1. The van der Waals surface area contributed by atoms with Gasteiger partial charge in [0.1, 0.15) is 12.3 Å².